The Morgan fingerprint density at radius 1 is 0.447 bits per heavy atom. The minimum atomic E-state index is -0.286. The van der Waals surface area contributed by atoms with E-state index in [0.29, 0.717) is 16.8 Å². The molecule has 0 saturated carbocycles. The molecule has 0 bridgehead atoms. The van der Waals surface area contributed by atoms with E-state index in [2.05, 4.69) is 113 Å². The second-order valence-corrected chi connectivity index (χ2v) is 11.3. The Morgan fingerprint density at radius 2 is 0.894 bits per heavy atom. The maximum Gasteiger partial charge on any atom is 0.255 e. The summed E-state index contributed by atoms with van der Waals surface area (Å²) in [5, 5.41) is 5.54. The number of hydrogen-bond acceptors (Lipinski definition) is 4. The van der Waals surface area contributed by atoms with Gasteiger partial charge in [0.2, 0.25) is 0 Å². The third-order valence-electron chi connectivity index (χ3n) is 8.14. The highest BCUT2D eigenvalue weighted by molar-refractivity contribution is 6.06. The molecule has 6 nitrogen and oxygen atoms in total. The molecular formula is C41H36N4O2. The fourth-order valence-electron chi connectivity index (χ4n) is 5.51. The van der Waals surface area contributed by atoms with Gasteiger partial charge in [-0.05, 0) is 128 Å². The van der Waals surface area contributed by atoms with Crippen LogP contribution in [0.25, 0.3) is 0 Å². The zero-order chi connectivity index (χ0) is 32.8. The van der Waals surface area contributed by atoms with Crippen LogP contribution in [0, 0.1) is 13.8 Å². The van der Waals surface area contributed by atoms with Crippen molar-refractivity contribution in [3.05, 3.63) is 174 Å². The van der Waals surface area contributed by atoms with Crippen molar-refractivity contribution in [2.75, 3.05) is 22.2 Å². The smallest absolute Gasteiger partial charge is 0.255 e. The minimum absolute atomic E-state index is 0.240. The Bertz CT molecular complexity index is 1990. The lowest BCUT2D eigenvalue weighted by atomic mass is 10.1. The van der Waals surface area contributed by atoms with E-state index in [9.17, 15) is 9.59 Å². The van der Waals surface area contributed by atoms with Crippen molar-refractivity contribution in [1.29, 1.82) is 0 Å². The molecule has 0 radical (unpaired) electrons. The molecule has 232 valence electrons. The van der Waals surface area contributed by atoms with Crippen molar-refractivity contribution in [3.8, 4) is 0 Å². The number of anilines is 7. The summed E-state index contributed by atoms with van der Waals surface area (Å²) in [5.74, 6) is -0.526. The van der Waals surface area contributed by atoms with Crippen LogP contribution in [0.3, 0.4) is 0 Å². The van der Waals surface area contributed by atoms with Crippen LogP contribution in [0.5, 0.6) is 0 Å². The predicted octanol–water partition coefficient (Wildman–Crippen LogP) is 9.85. The Balaban J connectivity index is 1.30. The summed E-state index contributed by atoms with van der Waals surface area (Å²) in [7, 11) is 1.56. The Morgan fingerprint density at radius 3 is 1.40 bits per heavy atom. The third-order valence-corrected chi connectivity index (χ3v) is 8.14. The van der Waals surface area contributed by atoms with Gasteiger partial charge in [-0.3, -0.25) is 9.59 Å². The Labute approximate surface area is 275 Å². The molecule has 0 aliphatic carbocycles. The second-order valence-electron chi connectivity index (χ2n) is 11.3. The first kappa shape index (κ1) is 30.9. The third kappa shape index (κ3) is 6.92. The van der Waals surface area contributed by atoms with E-state index in [1.54, 1.807) is 31.3 Å². The van der Waals surface area contributed by atoms with E-state index in [1.807, 2.05) is 48.5 Å². The maximum atomic E-state index is 13.0. The van der Waals surface area contributed by atoms with Crippen LogP contribution in [0.2, 0.25) is 0 Å². The van der Waals surface area contributed by atoms with E-state index < -0.39 is 0 Å². The lowest BCUT2D eigenvalue weighted by Gasteiger charge is -2.28. The molecule has 6 aromatic carbocycles. The summed E-state index contributed by atoms with van der Waals surface area (Å²) in [5.41, 5.74) is 10.2. The van der Waals surface area contributed by atoms with E-state index in [4.69, 9.17) is 0 Å². The largest absolute Gasteiger partial charge is 0.355 e. The number of amides is 2. The highest BCUT2D eigenvalue weighted by Gasteiger charge is 2.17. The van der Waals surface area contributed by atoms with Gasteiger partial charge >= 0.3 is 0 Å². The van der Waals surface area contributed by atoms with Gasteiger partial charge in [0.15, 0.2) is 0 Å². The van der Waals surface area contributed by atoms with Crippen LogP contribution in [0.1, 0.15) is 31.8 Å². The molecule has 0 unspecified atom stereocenters. The van der Waals surface area contributed by atoms with Gasteiger partial charge in [0, 0.05) is 58.0 Å². The summed E-state index contributed by atoms with van der Waals surface area (Å²) >= 11 is 0. The molecule has 0 aliphatic heterocycles. The van der Waals surface area contributed by atoms with Crippen molar-refractivity contribution in [1.82, 2.24) is 5.32 Å². The molecular weight excluding hydrogens is 580 g/mol. The predicted molar refractivity (Wildman–Crippen MR) is 193 cm³/mol. The van der Waals surface area contributed by atoms with Crippen LogP contribution in [-0.2, 0) is 0 Å². The summed E-state index contributed by atoms with van der Waals surface area (Å²) in [6, 6.07) is 50.1. The van der Waals surface area contributed by atoms with Crippen LogP contribution in [0.4, 0.5) is 39.8 Å². The molecule has 0 saturated heterocycles. The molecule has 6 rings (SSSR count). The second kappa shape index (κ2) is 13.9. The number of nitrogens with zero attached hydrogens (tertiary/aromatic N) is 2. The van der Waals surface area contributed by atoms with E-state index in [-0.39, 0.29) is 11.8 Å². The Hall–Kier alpha value is -6.14. The summed E-state index contributed by atoms with van der Waals surface area (Å²) in [4.78, 5) is 29.5. The van der Waals surface area contributed by atoms with Crippen molar-refractivity contribution in [2.24, 2.45) is 0 Å². The lowest BCUT2D eigenvalue weighted by molar-refractivity contribution is 0.0963. The molecule has 2 amide bonds. The van der Waals surface area contributed by atoms with Crippen molar-refractivity contribution in [2.45, 2.75) is 13.8 Å². The average molecular weight is 617 g/mol. The number of para-hydroxylation sites is 2. The topological polar surface area (TPSA) is 64.7 Å². The first-order valence-electron chi connectivity index (χ1n) is 15.5. The van der Waals surface area contributed by atoms with Crippen LogP contribution >= 0.6 is 0 Å². The fourth-order valence-corrected chi connectivity index (χ4v) is 5.51. The van der Waals surface area contributed by atoms with Gasteiger partial charge in [0.25, 0.3) is 11.8 Å². The molecule has 0 spiro atoms. The summed E-state index contributed by atoms with van der Waals surface area (Å²) in [6.07, 6.45) is 0. The molecule has 0 aromatic heterocycles. The summed E-state index contributed by atoms with van der Waals surface area (Å²) < 4.78 is 0. The number of aryl methyl sites for hydroxylation is 2. The van der Waals surface area contributed by atoms with Crippen molar-refractivity contribution >= 4 is 51.6 Å². The molecule has 0 heterocycles. The van der Waals surface area contributed by atoms with Gasteiger partial charge in [0.05, 0.1) is 0 Å². The number of rotatable bonds is 9. The van der Waals surface area contributed by atoms with Crippen LogP contribution in [-0.4, -0.2) is 18.9 Å². The monoisotopic (exact) mass is 616 g/mol. The quantitative estimate of drug-likeness (QED) is 0.170. The lowest BCUT2D eigenvalue weighted by Crippen LogP contribution is -2.19. The van der Waals surface area contributed by atoms with Gasteiger partial charge in [0.1, 0.15) is 0 Å². The summed E-state index contributed by atoms with van der Waals surface area (Å²) in [6.45, 7) is 4.28. The zero-order valence-electron chi connectivity index (χ0n) is 26.6. The van der Waals surface area contributed by atoms with Crippen LogP contribution < -0.4 is 20.4 Å². The molecule has 6 heteroatoms. The molecule has 47 heavy (non-hydrogen) atoms. The van der Waals surface area contributed by atoms with Crippen LogP contribution in [0.15, 0.2) is 152 Å². The highest BCUT2D eigenvalue weighted by Crippen LogP contribution is 2.39. The first-order chi connectivity index (χ1) is 22.9. The van der Waals surface area contributed by atoms with E-state index in [1.165, 1.54) is 11.1 Å². The van der Waals surface area contributed by atoms with Crippen molar-refractivity contribution in [3.63, 3.8) is 0 Å². The number of hydrogen-bond donors (Lipinski definition) is 2. The molecule has 0 atom stereocenters. The normalized spacial score (nSPS) is 10.6. The number of carbonyl (C=O) groups is 2. The molecule has 0 aliphatic rings. The van der Waals surface area contributed by atoms with Crippen molar-refractivity contribution < 1.29 is 9.59 Å². The minimum Gasteiger partial charge on any atom is -0.355 e. The SMILES string of the molecule is CNC(=O)c1cccc(C(=O)Nc2ccc(N(c3ccccc3)c3ccc(N(c4ccccc4)c4ccc(C)c(C)c4)cc3)cc2)c1. The van der Waals surface area contributed by atoms with Gasteiger partial charge in [-0.1, -0.05) is 48.5 Å². The molecule has 2 N–H and O–H groups in total. The van der Waals surface area contributed by atoms with E-state index >= 15 is 0 Å². The molecule has 6 aromatic rings. The Kier molecular flexibility index (Phi) is 9.11. The number of nitrogens with one attached hydrogen (secondary N) is 2. The number of benzene rings is 6. The maximum absolute atomic E-state index is 13.0. The fraction of sp³-hybridized carbons (Fsp3) is 0.0732. The zero-order valence-corrected chi connectivity index (χ0v) is 26.6. The highest BCUT2D eigenvalue weighted by atomic mass is 16.2. The first-order valence-corrected chi connectivity index (χ1v) is 15.5. The molecule has 0 fully saturated rings. The average Bonchev–Trinajstić information content (AvgIpc) is 3.12. The van der Waals surface area contributed by atoms with E-state index in [0.717, 1.165) is 34.1 Å². The number of carbonyl (C=O) groups excluding carboxylic acids is 2. The van der Waals surface area contributed by atoms with Gasteiger partial charge in [-0.25, -0.2) is 0 Å². The van der Waals surface area contributed by atoms with Gasteiger partial charge in [-0.15, -0.1) is 0 Å². The standard InChI is InChI=1S/C41H36N4O2/c1-29-17-20-39(27-30(29)2)45(35-15-8-5-9-16-35)38-25-23-37(24-26-38)44(34-13-6-4-7-14-34)36-21-18-33(19-22-36)43-41(47)32-12-10-11-31(28-32)40(46)42-3/h4-28H,1-3H3,(H,42,46)(H,43,47). The van der Waals surface area contributed by atoms with Gasteiger partial charge < -0.3 is 20.4 Å². The van der Waals surface area contributed by atoms with Gasteiger partial charge in [-0.2, -0.15) is 0 Å².